The Bertz CT molecular complexity index is 3540. The molecule has 0 spiro atoms. The summed E-state index contributed by atoms with van der Waals surface area (Å²) in [6.07, 6.45) is 0. The standard InChI is InChI=1S/C52H29NS2/c1-3-16-47-37(10-1)39-14-6-12-35(51(39)54-47)33-22-26-45-42(28-33)43-29-34(36-13-7-15-40-38-11-2-4-17-48(38)55-52(36)40)23-27-46(43)53(45)44-25-21-32-19-18-30-8-5-9-31-20-24-41(44)50(32)49(30)31/h1-29H. The zero-order chi connectivity index (χ0) is 35.8. The molecule has 0 N–H and O–H groups in total. The molecule has 0 aliphatic heterocycles. The fourth-order valence-corrected chi connectivity index (χ4v) is 12.0. The molecule has 0 bridgehead atoms. The molecule has 55 heavy (non-hydrogen) atoms. The topological polar surface area (TPSA) is 4.93 Å². The van der Waals surface area contributed by atoms with Crippen molar-refractivity contribution >= 4 is 117 Å². The quantitative estimate of drug-likeness (QED) is 0.159. The van der Waals surface area contributed by atoms with Gasteiger partial charge in [-0.2, -0.15) is 0 Å². The summed E-state index contributed by atoms with van der Waals surface area (Å²) in [5.41, 5.74) is 8.71. The maximum absolute atomic E-state index is 2.52. The molecule has 0 saturated carbocycles. The lowest BCUT2D eigenvalue weighted by Crippen LogP contribution is -1.96. The minimum absolute atomic E-state index is 1.21. The van der Waals surface area contributed by atoms with Crippen molar-refractivity contribution in [3.63, 3.8) is 0 Å². The summed E-state index contributed by atoms with van der Waals surface area (Å²) in [6, 6.07) is 66.0. The highest BCUT2D eigenvalue weighted by atomic mass is 32.1. The molecule has 1 nitrogen and oxygen atoms in total. The monoisotopic (exact) mass is 731 g/mol. The number of fused-ring (bicyclic) bond motifs is 9. The molecule has 0 saturated heterocycles. The third kappa shape index (κ3) is 4.12. The van der Waals surface area contributed by atoms with Gasteiger partial charge in [0, 0.05) is 56.5 Å². The van der Waals surface area contributed by atoms with Crippen LogP contribution in [0.25, 0.3) is 122 Å². The number of thiophene rings is 2. The van der Waals surface area contributed by atoms with Crippen LogP contribution >= 0.6 is 22.7 Å². The fraction of sp³-hybridized carbons (Fsp3) is 0. The van der Waals surface area contributed by atoms with Gasteiger partial charge in [-0.1, -0.05) is 133 Å². The highest BCUT2D eigenvalue weighted by Gasteiger charge is 2.20. The van der Waals surface area contributed by atoms with E-state index >= 15 is 0 Å². The van der Waals surface area contributed by atoms with Crippen molar-refractivity contribution in [2.75, 3.05) is 0 Å². The van der Waals surface area contributed by atoms with Gasteiger partial charge in [0.25, 0.3) is 0 Å². The van der Waals surface area contributed by atoms with Crippen molar-refractivity contribution in [1.29, 1.82) is 0 Å². The van der Waals surface area contributed by atoms with Gasteiger partial charge in [0.1, 0.15) is 0 Å². The summed E-state index contributed by atoms with van der Waals surface area (Å²) in [6.45, 7) is 0. The van der Waals surface area contributed by atoms with E-state index in [1.807, 2.05) is 22.7 Å². The highest BCUT2D eigenvalue weighted by Crippen LogP contribution is 2.46. The van der Waals surface area contributed by atoms with Crippen LogP contribution in [0.2, 0.25) is 0 Å². The van der Waals surface area contributed by atoms with Crippen LogP contribution in [0.4, 0.5) is 0 Å². The third-order valence-electron chi connectivity index (χ3n) is 11.9. The van der Waals surface area contributed by atoms with Crippen LogP contribution in [-0.4, -0.2) is 4.57 Å². The maximum atomic E-state index is 2.52. The molecule has 3 aromatic heterocycles. The van der Waals surface area contributed by atoms with E-state index < -0.39 is 0 Å². The van der Waals surface area contributed by atoms with Crippen LogP contribution in [0.5, 0.6) is 0 Å². The predicted molar refractivity (Wildman–Crippen MR) is 241 cm³/mol. The number of benzene rings is 10. The minimum Gasteiger partial charge on any atom is -0.309 e. The van der Waals surface area contributed by atoms with E-state index in [-0.39, 0.29) is 0 Å². The molecule has 3 heterocycles. The number of aromatic nitrogens is 1. The van der Waals surface area contributed by atoms with E-state index in [1.54, 1.807) is 0 Å². The second kappa shape index (κ2) is 11.0. The first-order valence-electron chi connectivity index (χ1n) is 18.8. The Morgan fingerprint density at radius 1 is 0.327 bits per heavy atom. The van der Waals surface area contributed by atoms with Gasteiger partial charge >= 0.3 is 0 Å². The minimum atomic E-state index is 1.21. The van der Waals surface area contributed by atoms with Crippen LogP contribution in [-0.2, 0) is 0 Å². The van der Waals surface area contributed by atoms with Crippen LogP contribution < -0.4 is 0 Å². The van der Waals surface area contributed by atoms with E-state index in [9.17, 15) is 0 Å². The summed E-state index contributed by atoms with van der Waals surface area (Å²) in [4.78, 5) is 0. The van der Waals surface area contributed by atoms with Gasteiger partial charge < -0.3 is 4.57 Å². The smallest absolute Gasteiger partial charge is 0.0541 e. The van der Waals surface area contributed by atoms with E-state index in [4.69, 9.17) is 0 Å². The number of hydrogen-bond acceptors (Lipinski definition) is 2. The van der Waals surface area contributed by atoms with Gasteiger partial charge in [-0.3, -0.25) is 0 Å². The molecule has 0 aliphatic rings. The molecule has 0 radical (unpaired) electrons. The fourth-order valence-electron chi connectivity index (χ4n) is 9.48. The summed E-state index contributed by atoms with van der Waals surface area (Å²) in [5.74, 6) is 0. The number of rotatable bonds is 3. The van der Waals surface area contributed by atoms with Crippen molar-refractivity contribution in [3.05, 3.63) is 176 Å². The van der Waals surface area contributed by atoms with Crippen LogP contribution in [0.3, 0.4) is 0 Å². The second-order valence-electron chi connectivity index (χ2n) is 14.8. The van der Waals surface area contributed by atoms with Crippen molar-refractivity contribution < 1.29 is 0 Å². The van der Waals surface area contributed by atoms with Crippen molar-refractivity contribution in [3.8, 4) is 27.9 Å². The van der Waals surface area contributed by atoms with E-state index in [2.05, 4.69) is 180 Å². The Morgan fingerprint density at radius 3 is 1.42 bits per heavy atom. The summed E-state index contributed by atoms with van der Waals surface area (Å²) < 4.78 is 7.87. The Balaban J connectivity index is 1.12. The van der Waals surface area contributed by atoms with Gasteiger partial charge in [0.2, 0.25) is 0 Å². The lowest BCUT2D eigenvalue weighted by atomic mass is 9.93. The molecule has 3 heteroatoms. The highest BCUT2D eigenvalue weighted by molar-refractivity contribution is 7.26. The predicted octanol–water partition coefficient (Wildman–Crippen LogP) is 15.8. The molecular weight excluding hydrogens is 703 g/mol. The molecule has 13 rings (SSSR count). The first-order valence-corrected chi connectivity index (χ1v) is 20.5. The Hall–Kier alpha value is -6.52. The molecule has 13 aromatic rings. The first-order chi connectivity index (χ1) is 27.3. The average Bonchev–Trinajstić information content (AvgIpc) is 3.92. The molecule has 0 fully saturated rings. The van der Waals surface area contributed by atoms with Crippen molar-refractivity contribution in [2.24, 2.45) is 0 Å². The second-order valence-corrected chi connectivity index (χ2v) is 16.9. The maximum Gasteiger partial charge on any atom is 0.0541 e. The summed E-state index contributed by atoms with van der Waals surface area (Å²) in [7, 11) is 0. The Kier molecular flexibility index (Phi) is 5.99. The van der Waals surface area contributed by atoms with Gasteiger partial charge in [0.05, 0.1) is 16.7 Å². The molecule has 10 aromatic carbocycles. The van der Waals surface area contributed by atoms with Gasteiger partial charge in [-0.25, -0.2) is 0 Å². The molecule has 254 valence electrons. The van der Waals surface area contributed by atoms with Crippen LogP contribution in [0, 0.1) is 0 Å². The molecule has 0 aliphatic carbocycles. The van der Waals surface area contributed by atoms with Gasteiger partial charge in [-0.15, -0.1) is 22.7 Å². The van der Waals surface area contributed by atoms with Crippen molar-refractivity contribution in [2.45, 2.75) is 0 Å². The van der Waals surface area contributed by atoms with E-state index in [0.717, 1.165) is 0 Å². The average molecular weight is 732 g/mol. The zero-order valence-corrected chi connectivity index (χ0v) is 31.1. The lowest BCUT2D eigenvalue weighted by molar-refractivity contribution is 1.20. The van der Waals surface area contributed by atoms with Gasteiger partial charge in [-0.05, 0) is 91.6 Å². The summed E-state index contributed by atoms with van der Waals surface area (Å²) >= 11 is 3.79. The molecule has 0 atom stereocenters. The molecular formula is C52H29NS2. The largest absolute Gasteiger partial charge is 0.309 e. The zero-order valence-electron chi connectivity index (χ0n) is 29.5. The molecule has 0 unspecified atom stereocenters. The lowest BCUT2D eigenvalue weighted by Gasteiger charge is -2.16. The SMILES string of the molecule is c1cc2ccc3ccc(-n4c5ccc(-c6cccc7c6sc6ccccc67)cc5c5cc(-c6cccc7c6sc6ccccc67)ccc54)c4ccc(c1)c2c34. The number of hydrogen-bond donors (Lipinski definition) is 0. The normalized spacial score (nSPS) is 12.4. The van der Waals surface area contributed by atoms with Crippen molar-refractivity contribution in [1.82, 2.24) is 4.57 Å². The van der Waals surface area contributed by atoms with E-state index in [1.165, 1.54) is 122 Å². The van der Waals surface area contributed by atoms with Crippen LogP contribution in [0.1, 0.15) is 0 Å². The Labute approximate surface area is 323 Å². The van der Waals surface area contributed by atoms with Crippen LogP contribution in [0.15, 0.2) is 176 Å². The first kappa shape index (κ1) is 29.9. The van der Waals surface area contributed by atoms with E-state index in [0.29, 0.717) is 0 Å². The summed E-state index contributed by atoms with van der Waals surface area (Å²) in [5, 5.41) is 15.7. The third-order valence-corrected chi connectivity index (χ3v) is 14.4. The van der Waals surface area contributed by atoms with Gasteiger partial charge in [0.15, 0.2) is 0 Å². The Morgan fingerprint density at radius 2 is 0.818 bits per heavy atom. The molecule has 0 amide bonds. The number of nitrogens with zero attached hydrogens (tertiary/aromatic N) is 1.